The van der Waals surface area contributed by atoms with Gasteiger partial charge in [-0.05, 0) is 49.4 Å². The smallest absolute Gasteiger partial charge is 0.462 e. The Labute approximate surface area is 588 Å². The van der Waals surface area contributed by atoms with Crippen LogP contribution >= 0.6 is 15.6 Å². The van der Waals surface area contributed by atoms with Crippen LogP contribution in [-0.4, -0.2) is 96.7 Å². The van der Waals surface area contributed by atoms with Crippen LogP contribution in [0.25, 0.3) is 0 Å². The highest BCUT2D eigenvalue weighted by molar-refractivity contribution is 7.47. The summed E-state index contributed by atoms with van der Waals surface area (Å²) in [5.41, 5.74) is 0. The average molecular weight is 1410 g/mol. The predicted molar refractivity (Wildman–Crippen MR) is 391 cm³/mol. The van der Waals surface area contributed by atoms with E-state index in [1.807, 2.05) is 0 Å². The molecular formula is C77H150O17P2. The maximum absolute atomic E-state index is 13.1. The summed E-state index contributed by atoms with van der Waals surface area (Å²) in [4.78, 5) is 72.8. The minimum atomic E-state index is -4.96. The van der Waals surface area contributed by atoms with Crippen molar-refractivity contribution in [3.05, 3.63) is 0 Å². The predicted octanol–water partition coefficient (Wildman–Crippen LogP) is 22.4. The van der Waals surface area contributed by atoms with Gasteiger partial charge in [-0.15, -0.1) is 0 Å². The Bertz CT molecular complexity index is 1890. The molecule has 3 N–H and O–H groups in total. The first-order valence-electron chi connectivity index (χ1n) is 39.7. The molecule has 0 rings (SSSR count). The second-order valence-corrected chi connectivity index (χ2v) is 32.3. The molecule has 0 saturated carbocycles. The number of hydrogen-bond donors (Lipinski definition) is 3. The van der Waals surface area contributed by atoms with E-state index in [-0.39, 0.29) is 25.7 Å². The summed E-state index contributed by atoms with van der Waals surface area (Å²) in [6.45, 7) is 14.2. The molecule has 17 nitrogen and oxygen atoms in total. The molecule has 0 aliphatic carbocycles. The minimum Gasteiger partial charge on any atom is -0.462 e. The number of ether oxygens (including phenoxy) is 4. The van der Waals surface area contributed by atoms with Gasteiger partial charge in [0.15, 0.2) is 12.2 Å². The summed E-state index contributed by atoms with van der Waals surface area (Å²) in [6, 6.07) is 0. The van der Waals surface area contributed by atoms with Gasteiger partial charge in [0.1, 0.15) is 19.3 Å². The lowest BCUT2D eigenvalue weighted by Gasteiger charge is -2.21. The average Bonchev–Trinajstić information content (AvgIpc) is 1.57. The molecule has 570 valence electrons. The number of hydrogen-bond acceptors (Lipinski definition) is 15. The van der Waals surface area contributed by atoms with Crippen LogP contribution in [0.4, 0.5) is 0 Å². The summed E-state index contributed by atoms with van der Waals surface area (Å²) in [7, 11) is -9.91. The molecule has 0 aliphatic rings. The number of aliphatic hydroxyl groups excluding tert-OH is 1. The molecule has 0 aromatic carbocycles. The van der Waals surface area contributed by atoms with Crippen LogP contribution in [0.3, 0.4) is 0 Å². The highest BCUT2D eigenvalue weighted by Crippen LogP contribution is 2.45. The van der Waals surface area contributed by atoms with Crippen molar-refractivity contribution in [2.24, 2.45) is 23.7 Å². The number of esters is 4. The molecule has 0 fully saturated rings. The van der Waals surface area contributed by atoms with Gasteiger partial charge in [0.25, 0.3) is 0 Å². The summed E-state index contributed by atoms with van der Waals surface area (Å²) >= 11 is 0. The summed E-state index contributed by atoms with van der Waals surface area (Å²) in [5, 5.41) is 10.6. The van der Waals surface area contributed by atoms with Crippen molar-refractivity contribution in [1.82, 2.24) is 0 Å². The van der Waals surface area contributed by atoms with Crippen LogP contribution in [0, 0.1) is 23.7 Å². The highest BCUT2D eigenvalue weighted by atomic mass is 31.2. The van der Waals surface area contributed by atoms with E-state index < -0.39 is 97.5 Å². The number of phosphoric ester groups is 2. The monoisotopic (exact) mass is 1410 g/mol. The van der Waals surface area contributed by atoms with E-state index in [0.29, 0.717) is 31.6 Å². The largest absolute Gasteiger partial charge is 0.472 e. The summed E-state index contributed by atoms with van der Waals surface area (Å²) in [6.07, 6.45) is 51.4. The molecule has 0 aromatic heterocycles. The molecule has 0 radical (unpaired) electrons. The third kappa shape index (κ3) is 69.2. The van der Waals surface area contributed by atoms with Gasteiger partial charge in [-0.2, -0.15) is 0 Å². The lowest BCUT2D eigenvalue weighted by molar-refractivity contribution is -0.161. The van der Waals surface area contributed by atoms with Gasteiger partial charge in [0.2, 0.25) is 0 Å². The fourth-order valence-corrected chi connectivity index (χ4v) is 13.3. The van der Waals surface area contributed by atoms with Gasteiger partial charge in [0, 0.05) is 25.7 Å². The van der Waals surface area contributed by atoms with E-state index in [2.05, 4.69) is 55.4 Å². The van der Waals surface area contributed by atoms with E-state index in [0.717, 1.165) is 114 Å². The Kier molecular flexibility index (Phi) is 65.0. The van der Waals surface area contributed by atoms with E-state index in [1.54, 1.807) is 0 Å². The first-order valence-corrected chi connectivity index (χ1v) is 42.7. The number of unbranched alkanes of at least 4 members (excludes halogenated alkanes) is 39. The van der Waals surface area contributed by atoms with Crippen LogP contribution in [0.2, 0.25) is 0 Å². The standard InChI is InChI=1S/C77H150O17P2/c1-9-70(8)56-48-40-31-25-21-22-26-32-41-49-57-74(79)87-63-72(93-76(81)59-51-43-33-27-19-14-12-10-11-13-17-23-29-37-45-53-67(2)3)65-91-95(83,84)89-61-71(78)62-90-96(85,86)92-66-73(64-88-75(80)58-50-42-36-35-39-47-55-69(6)7)94-77(82)60-52-44-34-28-20-16-15-18-24-30-38-46-54-68(4)5/h67-73,78H,9-66H2,1-8H3,(H,83,84)(H,85,86)/t70?,71-,72-,73-/m1/s1. The van der Waals surface area contributed by atoms with Gasteiger partial charge >= 0.3 is 39.5 Å². The van der Waals surface area contributed by atoms with Crippen LogP contribution in [-0.2, 0) is 65.4 Å². The fraction of sp³-hybridized carbons (Fsp3) is 0.948. The fourth-order valence-electron chi connectivity index (χ4n) is 11.7. The third-order valence-electron chi connectivity index (χ3n) is 18.2. The first kappa shape index (κ1) is 94.1. The molecule has 0 aromatic rings. The number of carbonyl (C=O) groups excluding carboxylic acids is 4. The maximum Gasteiger partial charge on any atom is 0.472 e. The van der Waals surface area contributed by atoms with Gasteiger partial charge in [-0.25, -0.2) is 9.13 Å². The Morgan fingerprint density at radius 1 is 0.292 bits per heavy atom. The zero-order chi connectivity index (χ0) is 71.0. The van der Waals surface area contributed by atoms with E-state index >= 15 is 0 Å². The number of carbonyl (C=O) groups is 4. The minimum absolute atomic E-state index is 0.105. The Balaban J connectivity index is 5.24. The van der Waals surface area contributed by atoms with Gasteiger partial charge < -0.3 is 33.8 Å². The van der Waals surface area contributed by atoms with Crippen LogP contribution in [0.5, 0.6) is 0 Å². The first-order chi connectivity index (χ1) is 46.1. The molecule has 0 heterocycles. The quantitative estimate of drug-likeness (QED) is 0.0222. The number of phosphoric acid groups is 2. The zero-order valence-corrected chi connectivity index (χ0v) is 64.8. The highest BCUT2D eigenvalue weighted by Gasteiger charge is 2.30. The van der Waals surface area contributed by atoms with Crippen molar-refractivity contribution in [3.8, 4) is 0 Å². The molecule has 19 heteroatoms. The molecule has 0 bridgehead atoms. The molecule has 0 aliphatic heterocycles. The van der Waals surface area contributed by atoms with Crippen molar-refractivity contribution in [2.75, 3.05) is 39.6 Å². The number of rotatable bonds is 74. The second kappa shape index (κ2) is 66.3. The maximum atomic E-state index is 13.1. The normalized spacial score (nSPS) is 14.4. The Hall–Kier alpha value is -1.94. The van der Waals surface area contributed by atoms with Crippen molar-refractivity contribution >= 4 is 39.5 Å². The molecule has 3 unspecified atom stereocenters. The lowest BCUT2D eigenvalue weighted by Crippen LogP contribution is -2.30. The third-order valence-corrected chi connectivity index (χ3v) is 20.1. The van der Waals surface area contributed by atoms with Crippen molar-refractivity contribution in [1.29, 1.82) is 0 Å². The second-order valence-electron chi connectivity index (χ2n) is 29.4. The lowest BCUT2D eigenvalue weighted by atomic mass is 9.99. The van der Waals surface area contributed by atoms with Crippen molar-refractivity contribution in [2.45, 2.75) is 408 Å². The molecule has 0 spiro atoms. The molecule has 96 heavy (non-hydrogen) atoms. The topological polar surface area (TPSA) is 237 Å². The Morgan fingerprint density at radius 2 is 0.500 bits per heavy atom. The molecular weight excluding hydrogens is 1260 g/mol. The van der Waals surface area contributed by atoms with E-state index in [1.165, 1.54) is 186 Å². The molecule has 6 atom stereocenters. The molecule has 0 amide bonds. The van der Waals surface area contributed by atoms with Crippen molar-refractivity contribution < 1.29 is 80.2 Å². The SMILES string of the molecule is CCC(C)CCCCCCCCCCCCC(=O)OC[C@H](COP(=O)(O)OC[C@@H](O)COP(=O)(O)OC[C@@H](COC(=O)CCCCCCCCC(C)C)OC(=O)CCCCCCCCCCCCCCC(C)C)OC(=O)CCCCCCCCCCCCCCCCCC(C)C. The van der Waals surface area contributed by atoms with Crippen LogP contribution in [0.15, 0.2) is 0 Å². The van der Waals surface area contributed by atoms with Crippen LogP contribution < -0.4 is 0 Å². The summed E-state index contributed by atoms with van der Waals surface area (Å²) in [5.74, 6) is 0.948. The molecule has 0 saturated heterocycles. The van der Waals surface area contributed by atoms with E-state index in [4.69, 9.17) is 37.0 Å². The van der Waals surface area contributed by atoms with Gasteiger partial charge in [-0.1, -0.05) is 338 Å². The van der Waals surface area contributed by atoms with Crippen molar-refractivity contribution in [3.63, 3.8) is 0 Å². The zero-order valence-electron chi connectivity index (χ0n) is 63.0. The van der Waals surface area contributed by atoms with Gasteiger partial charge in [0.05, 0.1) is 26.4 Å². The Morgan fingerprint density at radius 3 is 0.740 bits per heavy atom. The number of aliphatic hydroxyl groups is 1. The summed E-state index contributed by atoms with van der Waals surface area (Å²) < 4.78 is 68.5. The van der Waals surface area contributed by atoms with E-state index in [9.17, 15) is 43.2 Å². The van der Waals surface area contributed by atoms with Gasteiger partial charge in [-0.3, -0.25) is 37.3 Å². The van der Waals surface area contributed by atoms with Crippen LogP contribution in [0.1, 0.15) is 389 Å².